The Balaban J connectivity index is 2.85. The summed E-state index contributed by atoms with van der Waals surface area (Å²) < 4.78 is 5.62. The van der Waals surface area contributed by atoms with E-state index in [4.69, 9.17) is 4.74 Å². The molecule has 1 rings (SSSR count). The second kappa shape index (κ2) is 6.14. The highest BCUT2D eigenvalue weighted by atomic mass is 32.2. The molecule has 0 aliphatic rings. The largest absolute Gasteiger partial charge is 0.493 e. The molecule has 0 saturated heterocycles. The van der Waals surface area contributed by atoms with Gasteiger partial charge in [0.2, 0.25) is 0 Å². The Morgan fingerprint density at radius 2 is 2.06 bits per heavy atom. The van der Waals surface area contributed by atoms with Crippen LogP contribution in [0.3, 0.4) is 0 Å². The molecule has 3 nitrogen and oxygen atoms in total. The summed E-state index contributed by atoms with van der Waals surface area (Å²) >= 11 is 1.42. The Morgan fingerprint density at radius 3 is 2.56 bits per heavy atom. The SMILES string of the molecule is CSc1cccc(OCCC(C)(C)C)c1C(=O)O. The number of ether oxygens (including phenoxy) is 1. The van der Waals surface area contributed by atoms with Crippen molar-refractivity contribution in [1.82, 2.24) is 0 Å². The normalized spacial score (nSPS) is 11.3. The molecule has 0 bridgehead atoms. The molecule has 1 aromatic carbocycles. The van der Waals surface area contributed by atoms with Crippen LogP contribution in [-0.4, -0.2) is 23.9 Å². The Kier molecular flexibility index (Phi) is 5.08. The first kappa shape index (κ1) is 14.9. The lowest BCUT2D eigenvalue weighted by atomic mass is 9.93. The van der Waals surface area contributed by atoms with Gasteiger partial charge in [-0.25, -0.2) is 4.79 Å². The molecule has 0 unspecified atom stereocenters. The minimum Gasteiger partial charge on any atom is -0.493 e. The van der Waals surface area contributed by atoms with Crippen molar-refractivity contribution in [3.63, 3.8) is 0 Å². The van der Waals surface area contributed by atoms with E-state index in [2.05, 4.69) is 20.8 Å². The third-order valence-corrected chi connectivity index (χ3v) is 3.31. The maximum Gasteiger partial charge on any atom is 0.340 e. The van der Waals surface area contributed by atoms with Crippen molar-refractivity contribution in [2.75, 3.05) is 12.9 Å². The number of carboxylic acids is 1. The van der Waals surface area contributed by atoms with Crippen LogP contribution in [0.4, 0.5) is 0 Å². The predicted molar refractivity (Wildman–Crippen MR) is 74.7 cm³/mol. The van der Waals surface area contributed by atoms with E-state index in [-0.39, 0.29) is 11.0 Å². The van der Waals surface area contributed by atoms with Gasteiger partial charge in [-0.3, -0.25) is 0 Å². The summed E-state index contributed by atoms with van der Waals surface area (Å²) in [4.78, 5) is 12.0. The van der Waals surface area contributed by atoms with Gasteiger partial charge in [-0.15, -0.1) is 11.8 Å². The van der Waals surface area contributed by atoms with Gasteiger partial charge in [0.15, 0.2) is 0 Å². The van der Waals surface area contributed by atoms with E-state index in [0.29, 0.717) is 12.4 Å². The zero-order chi connectivity index (χ0) is 13.8. The second-order valence-corrected chi connectivity index (χ2v) is 6.15. The van der Waals surface area contributed by atoms with Crippen molar-refractivity contribution >= 4 is 17.7 Å². The van der Waals surface area contributed by atoms with Gasteiger partial charge in [0, 0.05) is 4.90 Å². The average Bonchev–Trinajstić information content (AvgIpc) is 2.26. The lowest BCUT2D eigenvalue weighted by Gasteiger charge is -2.19. The number of rotatable bonds is 5. The van der Waals surface area contributed by atoms with E-state index >= 15 is 0 Å². The Hall–Kier alpha value is -1.16. The molecule has 0 aliphatic heterocycles. The maximum absolute atomic E-state index is 11.3. The molecule has 0 aromatic heterocycles. The quantitative estimate of drug-likeness (QED) is 0.822. The molecule has 0 aliphatic carbocycles. The smallest absolute Gasteiger partial charge is 0.340 e. The number of carboxylic acid groups (broad SMARTS) is 1. The summed E-state index contributed by atoms with van der Waals surface area (Å²) in [7, 11) is 0. The number of benzene rings is 1. The Bertz CT molecular complexity index is 422. The molecule has 1 N–H and O–H groups in total. The van der Waals surface area contributed by atoms with E-state index < -0.39 is 5.97 Å². The van der Waals surface area contributed by atoms with Gasteiger partial charge in [-0.2, -0.15) is 0 Å². The molecule has 1 aromatic rings. The number of carbonyl (C=O) groups is 1. The molecule has 0 radical (unpaired) electrons. The van der Waals surface area contributed by atoms with Gasteiger partial charge >= 0.3 is 5.97 Å². The van der Waals surface area contributed by atoms with Gasteiger partial charge in [-0.1, -0.05) is 26.8 Å². The summed E-state index contributed by atoms with van der Waals surface area (Å²) in [6.45, 7) is 6.92. The summed E-state index contributed by atoms with van der Waals surface area (Å²) in [5.41, 5.74) is 0.444. The van der Waals surface area contributed by atoms with Gasteiger partial charge in [0.25, 0.3) is 0 Å². The first-order chi connectivity index (χ1) is 8.35. The van der Waals surface area contributed by atoms with Gasteiger partial charge < -0.3 is 9.84 Å². The topological polar surface area (TPSA) is 46.5 Å². The van der Waals surface area contributed by atoms with Gasteiger partial charge in [0.05, 0.1) is 6.61 Å². The molecular weight excluding hydrogens is 248 g/mol. The summed E-state index contributed by atoms with van der Waals surface area (Å²) in [5.74, 6) is -0.482. The van der Waals surface area contributed by atoms with Crippen molar-refractivity contribution in [2.24, 2.45) is 5.41 Å². The fourth-order valence-corrected chi connectivity index (χ4v) is 2.09. The first-order valence-corrected chi connectivity index (χ1v) is 7.11. The van der Waals surface area contributed by atoms with Crippen LogP contribution in [0.2, 0.25) is 0 Å². The van der Waals surface area contributed by atoms with Crippen LogP contribution in [0.25, 0.3) is 0 Å². The van der Waals surface area contributed by atoms with Crippen molar-refractivity contribution in [3.05, 3.63) is 23.8 Å². The number of aromatic carboxylic acids is 1. The molecule has 0 atom stereocenters. The molecule has 18 heavy (non-hydrogen) atoms. The molecule has 4 heteroatoms. The van der Waals surface area contributed by atoms with Gasteiger partial charge in [-0.05, 0) is 30.2 Å². The zero-order valence-electron chi connectivity index (χ0n) is 11.3. The third-order valence-electron chi connectivity index (χ3n) is 2.53. The Labute approximate surface area is 113 Å². The molecule has 0 amide bonds. The average molecular weight is 268 g/mol. The van der Waals surface area contributed by atoms with Crippen LogP contribution in [0, 0.1) is 5.41 Å². The Morgan fingerprint density at radius 1 is 1.39 bits per heavy atom. The minimum atomic E-state index is -0.939. The minimum absolute atomic E-state index is 0.181. The van der Waals surface area contributed by atoms with Crippen LogP contribution in [0.15, 0.2) is 23.1 Å². The number of hydrogen-bond donors (Lipinski definition) is 1. The summed E-state index contributed by atoms with van der Waals surface area (Å²) in [5, 5.41) is 9.24. The second-order valence-electron chi connectivity index (χ2n) is 5.30. The number of thioether (sulfide) groups is 1. The molecule has 0 heterocycles. The lowest BCUT2D eigenvalue weighted by Crippen LogP contribution is -2.12. The predicted octanol–water partition coefficient (Wildman–Crippen LogP) is 3.92. The monoisotopic (exact) mass is 268 g/mol. The van der Waals surface area contributed by atoms with E-state index in [0.717, 1.165) is 11.3 Å². The molecule has 100 valence electrons. The van der Waals surface area contributed by atoms with Crippen LogP contribution in [0.5, 0.6) is 5.75 Å². The van der Waals surface area contributed by atoms with Crippen molar-refractivity contribution in [3.8, 4) is 5.75 Å². The highest BCUT2D eigenvalue weighted by Crippen LogP contribution is 2.29. The number of hydrogen-bond acceptors (Lipinski definition) is 3. The fraction of sp³-hybridized carbons (Fsp3) is 0.500. The van der Waals surface area contributed by atoms with Crippen molar-refractivity contribution in [1.29, 1.82) is 0 Å². The third kappa shape index (κ3) is 4.26. The van der Waals surface area contributed by atoms with Crippen molar-refractivity contribution in [2.45, 2.75) is 32.1 Å². The molecular formula is C14H20O3S. The van der Waals surface area contributed by atoms with Gasteiger partial charge in [0.1, 0.15) is 11.3 Å². The van der Waals surface area contributed by atoms with Crippen LogP contribution in [0.1, 0.15) is 37.6 Å². The van der Waals surface area contributed by atoms with E-state index in [1.54, 1.807) is 12.1 Å². The van der Waals surface area contributed by atoms with Crippen molar-refractivity contribution < 1.29 is 14.6 Å². The van der Waals surface area contributed by atoms with E-state index in [9.17, 15) is 9.90 Å². The fourth-order valence-electron chi connectivity index (χ4n) is 1.48. The van der Waals surface area contributed by atoms with E-state index in [1.165, 1.54) is 11.8 Å². The maximum atomic E-state index is 11.3. The summed E-state index contributed by atoms with van der Waals surface area (Å²) in [6, 6.07) is 5.33. The first-order valence-electron chi connectivity index (χ1n) is 5.88. The van der Waals surface area contributed by atoms with E-state index in [1.807, 2.05) is 12.3 Å². The highest BCUT2D eigenvalue weighted by molar-refractivity contribution is 7.98. The zero-order valence-corrected chi connectivity index (χ0v) is 12.1. The highest BCUT2D eigenvalue weighted by Gasteiger charge is 2.17. The standard InChI is InChI=1S/C14H20O3S/c1-14(2,3)8-9-17-10-6-5-7-11(18-4)12(10)13(15)16/h5-7H,8-9H2,1-4H3,(H,15,16). The molecule has 0 fully saturated rings. The molecule has 0 saturated carbocycles. The molecule has 0 spiro atoms. The van der Waals surface area contributed by atoms with Crippen LogP contribution in [-0.2, 0) is 0 Å². The lowest BCUT2D eigenvalue weighted by molar-refractivity contribution is 0.0687. The van der Waals surface area contributed by atoms with Crippen LogP contribution < -0.4 is 4.74 Å². The van der Waals surface area contributed by atoms with Crippen LogP contribution >= 0.6 is 11.8 Å². The summed E-state index contributed by atoms with van der Waals surface area (Å²) in [6.07, 6.45) is 2.75.